The van der Waals surface area contributed by atoms with E-state index in [9.17, 15) is 13.6 Å². The van der Waals surface area contributed by atoms with Gasteiger partial charge < -0.3 is 9.88 Å². The van der Waals surface area contributed by atoms with Crippen LogP contribution in [0, 0.1) is 11.6 Å². The fourth-order valence-corrected chi connectivity index (χ4v) is 4.63. The molecule has 36 heavy (non-hydrogen) atoms. The van der Waals surface area contributed by atoms with Gasteiger partial charge in [-0.3, -0.25) is 4.79 Å². The van der Waals surface area contributed by atoms with Gasteiger partial charge in [-0.1, -0.05) is 72.8 Å². The lowest BCUT2D eigenvalue weighted by atomic mass is 9.88. The Kier molecular flexibility index (Phi) is 6.89. The Bertz CT molecular complexity index is 1460. The lowest BCUT2D eigenvalue weighted by Gasteiger charge is -2.17. The smallest absolute Gasteiger partial charge is 0.221 e. The van der Waals surface area contributed by atoms with E-state index in [0.717, 1.165) is 33.2 Å². The maximum atomic E-state index is 13.7. The highest BCUT2D eigenvalue weighted by atomic mass is 19.1. The van der Waals surface area contributed by atoms with Gasteiger partial charge in [-0.25, -0.2) is 8.78 Å². The zero-order valence-electron chi connectivity index (χ0n) is 19.7. The van der Waals surface area contributed by atoms with Crippen molar-refractivity contribution in [2.24, 2.45) is 0 Å². The molecule has 0 aliphatic carbocycles. The second kappa shape index (κ2) is 10.6. The number of amides is 1. The number of carbonyl (C=O) groups excluding carboxylic acids is 1. The topological polar surface area (TPSA) is 34.0 Å². The first-order chi connectivity index (χ1) is 17.6. The fraction of sp³-hybridized carbons (Fsp3) is 0.129. The maximum Gasteiger partial charge on any atom is 0.221 e. The third kappa shape index (κ3) is 5.36. The average molecular weight is 481 g/mol. The van der Waals surface area contributed by atoms with Crippen molar-refractivity contribution < 1.29 is 13.6 Å². The molecule has 1 atom stereocenters. The Balaban J connectivity index is 1.49. The third-order valence-electron chi connectivity index (χ3n) is 6.46. The van der Waals surface area contributed by atoms with E-state index in [-0.39, 0.29) is 29.9 Å². The van der Waals surface area contributed by atoms with Crippen LogP contribution in [0.1, 0.15) is 34.6 Å². The summed E-state index contributed by atoms with van der Waals surface area (Å²) in [4.78, 5) is 13.1. The molecule has 1 N–H and O–H groups in total. The highest BCUT2D eigenvalue weighted by molar-refractivity contribution is 5.86. The van der Waals surface area contributed by atoms with Crippen LogP contribution in [-0.2, 0) is 17.9 Å². The minimum absolute atomic E-state index is 0.0801. The highest BCUT2D eigenvalue weighted by Crippen LogP contribution is 2.35. The van der Waals surface area contributed by atoms with Crippen LogP contribution in [0.25, 0.3) is 10.9 Å². The Hall–Kier alpha value is -4.25. The van der Waals surface area contributed by atoms with Gasteiger partial charge in [0.25, 0.3) is 0 Å². The van der Waals surface area contributed by atoms with Crippen molar-refractivity contribution in [2.75, 3.05) is 0 Å². The van der Waals surface area contributed by atoms with Gasteiger partial charge in [-0.15, -0.1) is 0 Å². The zero-order valence-corrected chi connectivity index (χ0v) is 19.7. The van der Waals surface area contributed by atoms with Gasteiger partial charge in [-0.2, -0.15) is 0 Å². The number of halogens is 2. The molecule has 0 bridgehead atoms. The second-order valence-corrected chi connectivity index (χ2v) is 8.93. The predicted octanol–water partition coefficient (Wildman–Crippen LogP) is 6.81. The molecule has 0 saturated carbocycles. The van der Waals surface area contributed by atoms with Crippen molar-refractivity contribution in [2.45, 2.75) is 25.4 Å². The van der Waals surface area contributed by atoms with Crippen molar-refractivity contribution >= 4 is 16.8 Å². The zero-order chi connectivity index (χ0) is 24.9. The molecular weight excluding hydrogens is 454 g/mol. The lowest BCUT2D eigenvalue weighted by molar-refractivity contribution is -0.121. The molecule has 0 radical (unpaired) electrons. The number of hydrogen-bond acceptors (Lipinski definition) is 1. The monoisotopic (exact) mass is 480 g/mol. The number of carbonyl (C=O) groups is 1. The Morgan fingerprint density at radius 2 is 1.39 bits per heavy atom. The molecule has 0 fully saturated rings. The van der Waals surface area contributed by atoms with Gasteiger partial charge in [0.1, 0.15) is 11.6 Å². The van der Waals surface area contributed by atoms with Crippen LogP contribution < -0.4 is 5.32 Å². The summed E-state index contributed by atoms with van der Waals surface area (Å²) < 4.78 is 29.3. The average Bonchev–Trinajstić information content (AvgIpc) is 3.27. The number of nitrogens with one attached hydrogen (secondary N) is 1. The maximum absolute atomic E-state index is 13.7. The van der Waals surface area contributed by atoms with Gasteiger partial charge in [0.05, 0.1) is 0 Å². The molecule has 0 aliphatic heterocycles. The summed E-state index contributed by atoms with van der Waals surface area (Å²) >= 11 is 0. The molecule has 1 amide bonds. The molecule has 1 heterocycles. The first kappa shape index (κ1) is 23.5. The Morgan fingerprint density at radius 1 is 0.750 bits per heavy atom. The standard InChI is InChI=1S/C31H26F2N2O/c32-25-14-10-23(11-15-25)20-35-21-29(27-8-4-5-9-30(27)35)28(24-12-16-26(33)17-13-24)18-31(36)34-19-22-6-2-1-3-7-22/h1-17,21,28H,18-20H2,(H,34,36)/t28-/m0/s1. The number of rotatable bonds is 8. The minimum atomic E-state index is -0.315. The van der Waals surface area contributed by atoms with Crippen LogP contribution in [0.5, 0.6) is 0 Å². The van der Waals surface area contributed by atoms with Crippen molar-refractivity contribution in [3.63, 3.8) is 0 Å². The largest absolute Gasteiger partial charge is 0.352 e. The second-order valence-electron chi connectivity index (χ2n) is 8.93. The van der Waals surface area contributed by atoms with Crippen LogP contribution >= 0.6 is 0 Å². The van der Waals surface area contributed by atoms with Crippen molar-refractivity contribution in [3.05, 3.63) is 143 Å². The summed E-state index contributed by atoms with van der Waals surface area (Å²) in [6.45, 7) is 1.01. The molecule has 180 valence electrons. The van der Waals surface area contributed by atoms with E-state index in [1.54, 1.807) is 24.3 Å². The number of nitrogens with zero attached hydrogens (tertiary/aromatic N) is 1. The first-order valence-electron chi connectivity index (χ1n) is 11.9. The third-order valence-corrected chi connectivity index (χ3v) is 6.46. The summed E-state index contributed by atoms with van der Waals surface area (Å²) in [5, 5.41) is 4.06. The normalized spacial score (nSPS) is 11.9. The SMILES string of the molecule is O=C(C[C@@H](c1ccc(F)cc1)c1cn(Cc2ccc(F)cc2)c2ccccc12)NCc1ccccc1. The number of para-hydroxylation sites is 1. The molecule has 5 aromatic rings. The van der Waals surface area contributed by atoms with E-state index >= 15 is 0 Å². The molecular formula is C31H26F2N2O. The van der Waals surface area contributed by atoms with Crippen molar-refractivity contribution in [3.8, 4) is 0 Å². The lowest BCUT2D eigenvalue weighted by Crippen LogP contribution is -2.25. The van der Waals surface area contributed by atoms with E-state index in [4.69, 9.17) is 0 Å². The number of hydrogen-bond donors (Lipinski definition) is 1. The fourth-order valence-electron chi connectivity index (χ4n) is 4.63. The van der Waals surface area contributed by atoms with Crippen LogP contribution in [0.3, 0.4) is 0 Å². The molecule has 1 aromatic heterocycles. The van der Waals surface area contributed by atoms with E-state index in [1.165, 1.54) is 24.3 Å². The first-order valence-corrected chi connectivity index (χ1v) is 11.9. The summed E-state index contributed by atoms with van der Waals surface area (Å²) in [6.07, 6.45) is 2.29. The van der Waals surface area contributed by atoms with Gasteiger partial charge in [0.2, 0.25) is 5.91 Å². The van der Waals surface area contributed by atoms with Crippen LogP contribution in [0.4, 0.5) is 8.78 Å². The van der Waals surface area contributed by atoms with Crippen LogP contribution in [0.2, 0.25) is 0 Å². The Labute approximate surface area is 209 Å². The van der Waals surface area contributed by atoms with E-state index in [0.29, 0.717) is 13.1 Å². The highest BCUT2D eigenvalue weighted by Gasteiger charge is 2.23. The summed E-state index contributed by atoms with van der Waals surface area (Å²) in [5.74, 6) is -0.927. The van der Waals surface area contributed by atoms with Gasteiger partial charge in [0, 0.05) is 42.5 Å². The molecule has 5 heteroatoms. The van der Waals surface area contributed by atoms with E-state index in [2.05, 4.69) is 16.1 Å². The summed E-state index contributed by atoms with van der Waals surface area (Å²) in [5.41, 5.74) is 4.89. The van der Waals surface area contributed by atoms with E-state index < -0.39 is 0 Å². The quantitative estimate of drug-likeness (QED) is 0.260. The predicted molar refractivity (Wildman–Crippen MR) is 139 cm³/mol. The van der Waals surface area contributed by atoms with Gasteiger partial charge in [0.15, 0.2) is 0 Å². The molecule has 5 rings (SSSR count). The van der Waals surface area contributed by atoms with Crippen molar-refractivity contribution in [1.29, 1.82) is 0 Å². The number of fused-ring (bicyclic) bond motifs is 1. The molecule has 0 saturated heterocycles. The molecule has 4 aromatic carbocycles. The number of benzene rings is 4. The molecule has 0 unspecified atom stereocenters. The minimum Gasteiger partial charge on any atom is -0.352 e. The van der Waals surface area contributed by atoms with E-state index in [1.807, 2.05) is 54.6 Å². The van der Waals surface area contributed by atoms with Gasteiger partial charge in [-0.05, 0) is 52.6 Å². The molecule has 0 aliphatic rings. The molecule has 3 nitrogen and oxygen atoms in total. The van der Waals surface area contributed by atoms with Crippen molar-refractivity contribution in [1.82, 2.24) is 9.88 Å². The summed E-state index contributed by atoms with van der Waals surface area (Å²) in [7, 11) is 0. The van der Waals surface area contributed by atoms with Crippen LogP contribution in [0.15, 0.2) is 109 Å². The van der Waals surface area contributed by atoms with Gasteiger partial charge >= 0.3 is 0 Å². The van der Waals surface area contributed by atoms with Crippen LogP contribution in [-0.4, -0.2) is 10.5 Å². The number of aromatic nitrogens is 1. The summed E-state index contributed by atoms with van der Waals surface area (Å²) in [6, 6.07) is 30.6. The Morgan fingerprint density at radius 3 is 2.11 bits per heavy atom. The molecule has 0 spiro atoms.